The normalized spacial score (nSPS) is 9.57. The first-order chi connectivity index (χ1) is 6.65. The van der Waals surface area contributed by atoms with E-state index in [2.05, 4.69) is 19.6 Å². The molecule has 14 heavy (non-hydrogen) atoms. The van der Waals surface area contributed by atoms with Crippen LogP contribution in [-0.4, -0.2) is 27.5 Å². The van der Waals surface area contributed by atoms with Crippen LogP contribution in [0, 0.1) is 0 Å². The van der Waals surface area contributed by atoms with Gasteiger partial charge in [0.2, 0.25) is 5.69 Å². The van der Waals surface area contributed by atoms with E-state index in [1.54, 1.807) is 6.92 Å². The van der Waals surface area contributed by atoms with Crippen molar-refractivity contribution in [2.24, 2.45) is 0 Å². The molecule has 0 radical (unpaired) electrons. The van der Waals surface area contributed by atoms with Crippen LogP contribution in [0.15, 0.2) is 0 Å². The second-order valence-electron chi connectivity index (χ2n) is 2.07. The highest BCUT2D eigenvalue weighted by atomic mass is 35.5. The Balaban J connectivity index is 2.81. The number of ether oxygens (including phenoxy) is 1. The minimum atomic E-state index is -0.804. The average Bonchev–Trinajstić information content (AvgIpc) is 2.51. The number of anilines is 1. The van der Waals surface area contributed by atoms with E-state index in [1.807, 2.05) is 0 Å². The number of carbonyl (C=O) groups is 2. The van der Waals surface area contributed by atoms with Crippen molar-refractivity contribution in [1.29, 1.82) is 0 Å². The summed E-state index contributed by atoms with van der Waals surface area (Å²) >= 11 is 5.93. The zero-order valence-electron chi connectivity index (χ0n) is 7.11. The van der Waals surface area contributed by atoms with E-state index in [0.29, 0.717) is 0 Å². The number of amides is 1. The van der Waals surface area contributed by atoms with E-state index in [1.165, 1.54) is 0 Å². The number of hydrogen-bond donors (Lipinski definition) is 1. The molecule has 0 atom stereocenters. The lowest BCUT2D eigenvalue weighted by atomic mass is 10.5. The largest absolute Gasteiger partial charge is 0.461 e. The van der Waals surface area contributed by atoms with Gasteiger partial charge in [0.15, 0.2) is 5.00 Å². The summed E-state index contributed by atoms with van der Waals surface area (Å²) in [6.45, 7) is 1.89. The topological polar surface area (TPSA) is 81.2 Å². The summed E-state index contributed by atoms with van der Waals surface area (Å²) < 4.78 is 8.18. The SMILES string of the molecule is CCOC(=O)c1nnsc1NC(=O)Cl. The molecule has 0 aromatic carbocycles. The van der Waals surface area contributed by atoms with Crippen LogP contribution < -0.4 is 5.32 Å². The molecule has 1 aromatic rings. The molecule has 0 unspecified atom stereocenters. The number of nitrogens with zero attached hydrogens (tertiary/aromatic N) is 2. The van der Waals surface area contributed by atoms with Crippen LogP contribution in [0.1, 0.15) is 17.4 Å². The van der Waals surface area contributed by atoms with Gasteiger partial charge < -0.3 is 10.1 Å². The Morgan fingerprint density at radius 3 is 2.93 bits per heavy atom. The highest BCUT2D eigenvalue weighted by molar-refractivity contribution is 7.10. The smallest absolute Gasteiger partial charge is 0.362 e. The van der Waals surface area contributed by atoms with Crippen molar-refractivity contribution < 1.29 is 14.3 Å². The van der Waals surface area contributed by atoms with Crippen LogP contribution in [0.25, 0.3) is 0 Å². The van der Waals surface area contributed by atoms with Crippen molar-refractivity contribution in [2.45, 2.75) is 6.92 Å². The fourth-order valence-corrected chi connectivity index (χ4v) is 1.40. The quantitative estimate of drug-likeness (QED) is 0.488. The first-order valence-electron chi connectivity index (χ1n) is 3.61. The van der Waals surface area contributed by atoms with E-state index in [4.69, 9.17) is 11.6 Å². The van der Waals surface area contributed by atoms with Crippen LogP contribution in [0.3, 0.4) is 0 Å². The van der Waals surface area contributed by atoms with Crippen molar-refractivity contribution in [3.05, 3.63) is 5.69 Å². The maximum Gasteiger partial charge on any atom is 0.362 e. The number of carbonyl (C=O) groups excluding carboxylic acids is 2. The Hall–Kier alpha value is -1.21. The van der Waals surface area contributed by atoms with E-state index in [0.717, 1.165) is 11.5 Å². The van der Waals surface area contributed by atoms with Crippen LogP contribution in [-0.2, 0) is 4.74 Å². The lowest BCUT2D eigenvalue weighted by molar-refractivity contribution is 0.0520. The van der Waals surface area contributed by atoms with Gasteiger partial charge in [-0.25, -0.2) is 4.79 Å². The Morgan fingerprint density at radius 2 is 2.36 bits per heavy atom. The van der Waals surface area contributed by atoms with Crippen molar-refractivity contribution in [1.82, 2.24) is 9.59 Å². The van der Waals surface area contributed by atoms with Crippen LogP contribution >= 0.6 is 23.1 Å². The average molecular weight is 236 g/mol. The maximum absolute atomic E-state index is 11.2. The number of esters is 1. The highest BCUT2D eigenvalue weighted by Crippen LogP contribution is 2.18. The summed E-state index contributed by atoms with van der Waals surface area (Å²) in [6.07, 6.45) is 0. The number of aromatic nitrogens is 2. The lowest BCUT2D eigenvalue weighted by Crippen LogP contribution is -2.10. The molecule has 1 aromatic heterocycles. The second kappa shape index (κ2) is 4.87. The minimum absolute atomic E-state index is 0.0362. The minimum Gasteiger partial charge on any atom is -0.461 e. The first kappa shape index (κ1) is 10.9. The fraction of sp³-hybridized carbons (Fsp3) is 0.333. The Morgan fingerprint density at radius 1 is 1.64 bits per heavy atom. The first-order valence-corrected chi connectivity index (χ1v) is 4.76. The number of halogens is 1. The molecule has 0 saturated heterocycles. The summed E-state index contributed by atoms with van der Waals surface area (Å²) in [5.74, 6) is -0.637. The molecular formula is C6H6ClN3O3S. The molecule has 0 saturated carbocycles. The van der Waals surface area contributed by atoms with Crippen molar-refractivity contribution in [3.63, 3.8) is 0 Å². The monoisotopic (exact) mass is 235 g/mol. The molecule has 0 aliphatic heterocycles. The highest BCUT2D eigenvalue weighted by Gasteiger charge is 2.18. The third-order valence-corrected chi connectivity index (χ3v) is 1.90. The van der Waals surface area contributed by atoms with Crippen molar-refractivity contribution in [2.75, 3.05) is 11.9 Å². The molecule has 1 rings (SSSR count). The molecule has 6 nitrogen and oxygen atoms in total. The third kappa shape index (κ3) is 2.64. The molecule has 0 fully saturated rings. The van der Waals surface area contributed by atoms with Crippen LogP contribution in [0.2, 0.25) is 0 Å². The summed E-state index contributed by atoms with van der Waals surface area (Å²) in [5, 5.41) is 5.10. The fourth-order valence-electron chi connectivity index (χ4n) is 0.695. The van der Waals surface area contributed by atoms with E-state index >= 15 is 0 Å². The molecule has 0 spiro atoms. The summed E-state index contributed by atoms with van der Waals surface area (Å²) in [7, 11) is 0. The predicted molar refractivity (Wildman–Crippen MR) is 50.7 cm³/mol. The summed E-state index contributed by atoms with van der Waals surface area (Å²) in [6, 6.07) is 0. The van der Waals surface area contributed by atoms with Gasteiger partial charge in [0, 0.05) is 11.5 Å². The van der Waals surface area contributed by atoms with Gasteiger partial charge in [0.1, 0.15) is 0 Å². The number of rotatable bonds is 3. The Kier molecular flexibility index (Phi) is 3.78. The lowest BCUT2D eigenvalue weighted by Gasteiger charge is -1.99. The standard InChI is InChI=1S/C6H6ClN3O3S/c1-2-13-5(11)3-4(8-6(7)12)14-10-9-3/h2H2,1H3,(H,8,12). The van der Waals surface area contributed by atoms with Gasteiger partial charge in [0.05, 0.1) is 6.61 Å². The molecule has 0 aliphatic carbocycles. The van der Waals surface area contributed by atoms with Crippen molar-refractivity contribution >= 4 is 39.5 Å². The van der Waals surface area contributed by atoms with E-state index < -0.39 is 11.3 Å². The summed E-state index contributed by atoms with van der Waals surface area (Å²) in [5.41, 5.74) is -0.0362. The molecule has 1 amide bonds. The predicted octanol–water partition coefficient (Wildman–Crippen LogP) is 1.49. The number of nitrogens with one attached hydrogen (secondary N) is 1. The van der Waals surface area contributed by atoms with Gasteiger partial charge in [-0.15, -0.1) is 5.10 Å². The zero-order chi connectivity index (χ0) is 10.6. The third-order valence-electron chi connectivity index (χ3n) is 1.17. The summed E-state index contributed by atoms with van der Waals surface area (Å²) in [4.78, 5) is 21.7. The molecule has 1 N–H and O–H groups in total. The second-order valence-corrected chi connectivity index (χ2v) is 3.17. The maximum atomic E-state index is 11.2. The molecule has 0 bridgehead atoms. The molecule has 8 heteroatoms. The van der Waals surface area contributed by atoms with Gasteiger partial charge >= 0.3 is 11.3 Å². The Bertz CT molecular complexity index is 354. The zero-order valence-corrected chi connectivity index (χ0v) is 8.68. The van der Waals surface area contributed by atoms with Gasteiger partial charge in [-0.3, -0.25) is 4.79 Å². The van der Waals surface area contributed by atoms with Crippen molar-refractivity contribution in [3.8, 4) is 0 Å². The van der Waals surface area contributed by atoms with Gasteiger partial charge in [-0.05, 0) is 18.5 Å². The van der Waals surface area contributed by atoms with Crippen LogP contribution in [0.5, 0.6) is 0 Å². The van der Waals surface area contributed by atoms with E-state index in [9.17, 15) is 9.59 Å². The molecular weight excluding hydrogens is 230 g/mol. The number of hydrogen-bond acceptors (Lipinski definition) is 6. The Labute approximate surface area is 88.4 Å². The van der Waals surface area contributed by atoms with Gasteiger partial charge in [0.25, 0.3) is 0 Å². The van der Waals surface area contributed by atoms with Gasteiger partial charge in [-0.1, -0.05) is 4.49 Å². The molecule has 76 valence electrons. The van der Waals surface area contributed by atoms with Gasteiger partial charge in [-0.2, -0.15) is 0 Å². The molecule has 1 heterocycles. The molecule has 0 aliphatic rings. The van der Waals surface area contributed by atoms with E-state index in [-0.39, 0.29) is 17.3 Å². The van der Waals surface area contributed by atoms with Crippen LogP contribution in [0.4, 0.5) is 9.80 Å².